The number of fused-ring (bicyclic) bond motifs is 2. The molecule has 0 aromatic heterocycles. The summed E-state index contributed by atoms with van der Waals surface area (Å²) in [6, 6.07) is -2.02. The third-order valence-electron chi connectivity index (χ3n) is 7.52. The van der Waals surface area contributed by atoms with Crippen LogP contribution >= 0.6 is 0 Å². The molecule has 9 nitrogen and oxygen atoms in total. The number of aliphatic carboxylic acids is 1. The van der Waals surface area contributed by atoms with E-state index in [1.54, 1.807) is 0 Å². The lowest BCUT2D eigenvalue weighted by atomic mass is 9.84. The summed E-state index contributed by atoms with van der Waals surface area (Å²) in [4.78, 5) is 24.7. The van der Waals surface area contributed by atoms with Gasteiger partial charge in [0.25, 0.3) is 10.2 Å². The third-order valence-corrected chi connectivity index (χ3v) is 8.71. The van der Waals surface area contributed by atoms with Crippen molar-refractivity contribution in [1.29, 1.82) is 0 Å². The van der Waals surface area contributed by atoms with Gasteiger partial charge in [0, 0.05) is 6.04 Å². The van der Waals surface area contributed by atoms with E-state index in [9.17, 15) is 23.1 Å². The molecule has 3 aliphatic carbocycles. The van der Waals surface area contributed by atoms with E-state index in [1.807, 2.05) is 0 Å². The first-order valence-electron chi connectivity index (χ1n) is 12.3. The molecule has 0 aliphatic heterocycles. The Balaban J connectivity index is 1.64. The molecule has 0 aromatic rings. The van der Waals surface area contributed by atoms with Crippen molar-refractivity contribution >= 4 is 22.1 Å². The number of nitrogens with two attached hydrogens (primary N) is 1. The number of hydrogen-bond acceptors (Lipinski definition) is 5. The SMILES string of the molecule is NCCCC[C@H](NS(=O)(=O)N[C@H](CC1CCCCC1)C(=O)N[C@@H]1C[C@@H]2CC[C@@H]1C2)C(=O)O. The number of amides is 1. The van der Waals surface area contributed by atoms with E-state index in [0.717, 1.165) is 44.9 Å². The van der Waals surface area contributed by atoms with Gasteiger partial charge in [0.15, 0.2) is 0 Å². The van der Waals surface area contributed by atoms with Gasteiger partial charge in [-0.2, -0.15) is 17.9 Å². The van der Waals surface area contributed by atoms with Crippen molar-refractivity contribution < 1.29 is 23.1 Å². The van der Waals surface area contributed by atoms with Gasteiger partial charge in [-0.3, -0.25) is 9.59 Å². The molecular formula is C22H40N4O5S. The molecule has 0 aromatic carbocycles. The second kappa shape index (κ2) is 11.8. The first-order chi connectivity index (χ1) is 15.3. The molecule has 0 saturated heterocycles. The monoisotopic (exact) mass is 472 g/mol. The summed E-state index contributed by atoms with van der Waals surface area (Å²) in [7, 11) is -4.17. The summed E-state index contributed by atoms with van der Waals surface area (Å²) in [6.07, 6.45) is 11.5. The molecule has 6 N–H and O–H groups in total. The van der Waals surface area contributed by atoms with Crippen LogP contribution in [0.4, 0.5) is 0 Å². The Kier molecular flexibility index (Phi) is 9.33. The number of carbonyl (C=O) groups excluding carboxylic acids is 1. The van der Waals surface area contributed by atoms with Crippen molar-refractivity contribution in [2.45, 2.75) is 102 Å². The van der Waals surface area contributed by atoms with Crippen LogP contribution in [0.25, 0.3) is 0 Å². The Morgan fingerprint density at radius 2 is 1.69 bits per heavy atom. The summed E-state index contributed by atoms with van der Waals surface area (Å²) in [5.74, 6) is -0.0588. The number of rotatable bonds is 13. The van der Waals surface area contributed by atoms with Crippen molar-refractivity contribution in [2.24, 2.45) is 23.5 Å². The van der Waals surface area contributed by atoms with Crippen LogP contribution in [0.2, 0.25) is 0 Å². The smallest absolute Gasteiger partial charge is 0.321 e. The number of carbonyl (C=O) groups is 2. The molecule has 184 valence electrons. The molecule has 1 amide bonds. The van der Waals surface area contributed by atoms with Crippen LogP contribution in [0.5, 0.6) is 0 Å². The lowest BCUT2D eigenvalue weighted by molar-refractivity contribution is -0.139. The molecular weight excluding hydrogens is 432 g/mol. The van der Waals surface area contributed by atoms with Crippen LogP contribution in [-0.4, -0.2) is 50.1 Å². The van der Waals surface area contributed by atoms with Crippen LogP contribution in [-0.2, 0) is 19.8 Å². The highest BCUT2D eigenvalue weighted by molar-refractivity contribution is 7.87. The minimum Gasteiger partial charge on any atom is -0.480 e. The van der Waals surface area contributed by atoms with E-state index in [-0.39, 0.29) is 18.4 Å². The predicted octanol–water partition coefficient (Wildman–Crippen LogP) is 1.64. The molecule has 3 aliphatic rings. The molecule has 0 spiro atoms. The summed E-state index contributed by atoms with van der Waals surface area (Å²) in [5, 5.41) is 12.5. The topological polar surface area (TPSA) is 151 Å². The van der Waals surface area contributed by atoms with Gasteiger partial charge in [-0.1, -0.05) is 44.9 Å². The van der Waals surface area contributed by atoms with Crippen LogP contribution < -0.4 is 20.5 Å². The summed E-state index contributed by atoms with van der Waals surface area (Å²) in [5.41, 5.74) is 5.45. The second-order valence-electron chi connectivity index (χ2n) is 10.00. The normalized spacial score (nSPS) is 27.8. The molecule has 3 fully saturated rings. The van der Waals surface area contributed by atoms with Crippen molar-refractivity contribution in [3.63, 3.8) is 0 Å². The van der Waals surface area contributed by atoms with E-state index in [4.69, 9.17) is 5.73 Å². The van der Waals surface area contributed by atoms with Gasteiger partial charge in [-0.25, -0.2) is 0 Å². The molecule has 3 saturated carbocycles. The zero-order valence-corrected chi connectivity index (χ0v) is 19.7. The molecule has 5 atom stereocenters. The number of carboxylic acid groups (broad SMARTS) is 1. The van der Waals surface area contributed by atoms with Crippen LogP contribution in [0.3, 0.4) is 0 Å². The lowest BCUT2D eigenvalue weighted by Crippen LogP contribution is -2.55. The largest absolute Gasteiger partial charge is 0.480 e. The maximum Gasteiger partial charge on any atom is 0.321 e. The molecule has 0 heterocycles. The second-order valence-corrected chi connectivity index (χ2v) is 11.5. The number of unbranched alkanes of at least 4 members (excludes halogenated alkanes) is 1. The van der Waals surface area contributed by atoms with Gasteiger partial charge < -0.3 is 16.2 Å². The Labute approximate surface area is 191 Å². The van der Waals surface area contributed by atoms with E-state index < -0.39 is 28.3 Å². The number of nitrogens with one attached hydrogen (secondary N) is 3. The van der Waals surface area contributed by atoms with E-state index in [0.29, 0.717) is 43.6 Å². The zero-order chi connectivity index (χ0) is 23.1. The molecule has 10 heteroatoms. The Morgan fingerprint density at radius 1 is 0.969 bits per heavy atom. The van der Waals surface area contributed by atoms with Gasteiger partial charge >= 0.3 is 5.97 Å². The summed E-state index contributed by atoms with van der Waals surface area (Å²) < 4.78 is 30.3. The fourth-order valence-corrected chi connectivity index (χ4v) is 7.04. The average Bonchev–Trinajstić information content (AvgIpc) is 3.36. The maximum atomic E-state index is 13.2. The van der Waals surface area contributed by atoms with Crippen LogP contribution in [0.15, 0.2) is 0 Å². The Hall–Kier alpha value is -1.23. The van der Waals surface area contributed by atoms with Gasteiger partial charge in [-0.15, -0.1) is 0 Å². The Morgan fingerprint density at radius 3 is 2.28 bits per heavy atom. The first kappa shape index (κ1) is 25.4. The van der Waals surface area contributed by atoms with Gasteiger partial charge in [0.2, 0.25) is 5.91 Å². The molecule has 0 radical (unpaired) electrons. The third kappa shape index (κ3) is 7.40. The predicted molar refractivity (Wildman–Crippen MR) is 122 cm³/mol. The van der Waals surface area contributed by atoms with Crippen LogP contribution in [0, 0.1) is 17.8 Å². The highest BCUT2D eigenvalue weighted by Gasteiger charge is 2.41. The minimum absolute atomic E-state index is 0.121. The van der Waals surface area contributed by atoms with Crippen LogP contribution in [0.1, 0.15) is 83.5 Å². The minimum atomic E-state index is -4.17. The molecule has 0 unspecified atom stereocenters. The fourth-order valence-electron chi connectivity index (χ4n) is 5.80. The van der Waals surface area contributed by atoms with Crippen molar-refractivity contribution in [1.82, 2.24) is 14.8 Å². The number of hydrogen-bond donors (Lipinski definition) is 5. The zero-order valence-electron chi connectivity index (χ0n) is 18.9. The fraction of sp³-hybridized carbons (Fsp3) is 0.909. The van der Waals surface area contributed by atoms with E-state index in [2.05, 4.69) is 14.8 Å². The molecule has 32 heavy (non-hydrogen) atoms. The van der Waals surface area contributed by atoms with Crippen molar-refractivity contribution in [2.75, 3.05) is 6.54 Å². The van der Waals surface area contributed by atoms with Gasteiger partial charge in [0.05, 0.1) is 0 Å². The maximum absolute atomic E-state index is 13.2. The first-order valence-corrected chi connectivity index (χ1v) is 13.8. The van der Waals surface area contributed by atoms with E-state index >= 15 is 0 Å². The van der Waals surface area contributed by atoms with Crippen molar-refractivity contribution in [3.05, 3.63) is 0 Å². The van der Waals surface area contributed by atoms with Crippen molar-refractivity contribution in [3.8, 4) is 0 Å². The highest BCUT2D eigenvalue weighted by Crippen LogP contribution is 2.44. The summed E-state index contributed by atoms with van der Waals surface area (Å²) in [6.45, 7) is 0.421. The lowest BCUT2D eigenvalue weighted by Gasteiger charge is -2.29. The highest BCUT2D eigenvalue weighted by atomic mass is 32.2. The molecule has 3 rings (SSSR count). The van der Waals surface area contributed by atoms with Gasteiger partial charge in [0.1, 0.15) is 12.1 Å². The van der Waals surface area contributed by atoms with Gasteiger partial charge in [-0.05, 0) is 62.8 Å². The molecule has 2 bridgehead atoms. The van der Waals surface area contributed by atoms with E-state index in [1.165, 1.54) is 12.8 Å². The standard InChI is InChI=1S/C22H40N4O5S/c23-11-5-4-8-18(22(28)29)25-32(30,31)26-20(13-15-6-2-1-3-7-15)21(27)24-19-14-16-9-10-17(19)12-16/h15-20,25-26H,1-14,23H2,(H,24,27)(H,28,29)/t16-,17-,18+,19-,20-/m1/s1. The average molecular weight is 473 g/mol. The Bertz CT molecular complexity index is 741. The number of carboxylic acids is 1. The quantitative estimate of drug-likeness (QED) is 0.257. The summed E-state index contributed by atoms with van der Waals surface area (Å²) >= 11 is 0.